The number of alkyl halides is 3. The summed E-state index contributed by atoms with van der Waals surface area (Å²) in [7, 11) is 0. The highest BCUT2D eigenvalue weighted by molar-refractivity contribution is 6.34. The number of nitrogens with one attached hydrogen (secondary N) is 1. The molecule has 0 bridgehead atoms. The maximum atomic E-state index is 13.0. The molecule has 1 amide bonds. The smallest absolute Gasteiger partial charge is 0.416 e. The molecule has 0 aromatic heterocycles. The van der Waals surface area contributed by atoms with Crippen LogP contribution in [0.2, 0.25) is 5.02 Å². The number of aliphatic carboxylic acids is 1. The third-order valence-corrected chi connectivity index (χ3v) is 6.18. The molecule has 0 saturated heterocycles. The standard InChI is InChI=1S/C29H21ClF3NO3/c30-25-16-22(20-10-13-23(14-11-20)29(31,32)33)12-15-24(25)28(37)34-26(17-27(35)36)21-8-6-19(7-9-21)18-4-2-1-3-5-18/h1-16,26H,17H2,(H,34,37)(H,35,36). The normalized spacial score (nSPS) is 12.1. The monoisotopic (exact) mass is 523 g/mol. The van der Waals surface area contributed by atoms with Gasteiger partial charge in [-0.05, 0) is 52.1 Å². The van der Waals surface area contributed by atoms with Gasteiger partial charge in [-0.25, -0.2) is 0 Å². The average molecular weight is 524 g/mol. The van der Waals surface area contributed by atoms with E-state index in [2.05, 4.69) is 5.32 Å². The first kappa shape index (κ1) is 26.0. The third kappa shape index (κ3) is 6.37. The van der Waals surface area contributed by atoms with Gasteiger partial charge in [0.25, 0.3) is 5.91 Å². The van der Waals surface area contributed by atoms with Gasteiger partial charge in [-0.1, -0.05) is 84.4 Å². The molecule has 2 N–H and O–H groups in total. The van der Waals surface area contributed by atoms with Gasteiger partial charge in [0.05, 0.1) is 28.6 Å². The molecule has 0 heterocycles. The van der Waals surface area contributed by atoms with Gasteiger partial charge in [0.15, 0.2) is 0 Å². The van der Waals surface area contributed by atoms with Crippen LogP contribution in [0.1, 0.15) is 33.9 Å². The van der Waals surface area contributed by atoms with Crippen LogP contribution in [-0.4, -0.2) is 17.0 Å². The molecule has 188 valence electrons. The average Bonchev–Trinajstić information content (AvgIpc) is 2.88. The number of hydrogen-bond donors (Lipinski definition) is 2. The molecule has 0 aliphatic rings. The quantitative estimate of drug-likeness (QED) is 0.261. The van der Waals surface area contributed by atoms with Crippen molar-refractivity contribution in [1.82, 2.24) is 5.32 Å². The second kappa shape index (κ2) is 10.9. The van der Waals surface area contributed by atoms with Crippen molar-refractivity contribution in [3.63, 3.8) is 0 Å². The molecular weight excluding hydrogens is 503 g/mol. The van der Waals surface area contributed by atoms with Crippen molar-refractivity contribution in [2.45, 2.75) is 18.6 Å². The minimum absolute atomic E-state index is 0.0865. The first-order valence-electron chi connectivity index (χ1n) is 11.3. The molecule has 1 unspecified atom stereocenters. The van der Waals surface area contributed by atoms with Crippen molar-refractivity contribution in [3.8, 4) is 22.3 Å². The lowest BCUT2D eigenvalue weighted by molar-refractivity contribution is -0.138. The third-order valence-electron chi connectivity index (χ3n) is 5.86. The highest BCUT2D eigenvalue weighted by atomic mass is 35.5. The van der Waals surface area contributed by atoms with Crippen LogP contribution < -0.4 is 5.32 Å². The summed E-state index contributed by atoms with van der Waals surface area (Å²) < 4.78 is 38.5. The summed E-state index contributed by atoms with van der Waals surface area (Å²) in [4.78, 5) is 24.5. The van der Waals surface area contributed by atoms with E-state index in [-0.39, 0.29) is 17.0 Å². The van der Waals surface area contributed by atoms with E-state index in [1.165, 1.54) is 24.3 Å². The van der Waals surface area contributed by atoms with Gasteiger partial charge in [0, 0.05) is 0 Å². The molecule has 0 fully saturated rings. The Morgan fingerprint density at radius 1 is 0.784 bits per heavy atom. The fourth-order valence-corrected chi connectivity index (χ4v) is 4.20. The molecule has 0 aliphatic carbocycles. The number of halogens is 4. The fraction of sp³-hybridized carbons (Fsp3) is 0.103. The van der Waals surface area contributed by atoms with Crippen molar-refractivity contribution >= 4 is 23.5 Å². The van der Waals surface area contributed by atoms with E-state index in [9.17, 15) is 27.9 Å². The minimum Gasteiger partial charge on any atom is -0.481 e. The van der Waals surface area contributed by atoms with Crippen LogP contribution in [0.3, 0.4) is 0 Å². The Kier molecular flexibility index (Phi) is 7.64. The van der Waals surface area contributed by atoms with E-state index < -0.39 is 29.7 Å². The summed E-state index contributed by atoms with van der Waals surface area (Å²) in [5.41, 5.74) is 2.97. The topological polar surface area (TPSA) is 66.4 Å². The number of carboxylic acid groups (broad SMARTS) is 1. The van der Waals surface area contributed by atoms with E-state index in [0.29, 0.717) is 16.7 Å². The summed E-state index contributed by atoms with van der Waals surface area (Å²) in [6, 6.07) is 25.3. The molecule has 0 spiro atoms. The zero-order chi connectivity index (χ0) is 26.6. The zero-order valence-electron chi connectivity index (χ0n) is 19.3. The van der Waals surface area contributed by atoms with Crippen molar-refractivity contribution < 1.29 is 27.9 Å². The molecule has 8 heteroatoms. The lowest BCUT2D eigenvalue weighted by Gasteiger charge is -2.19. The second-order valence-corrected chi connectivity index (χ2v) is 8.79. The van der Waals surface area contributed by atoms with Crippen LogP contribution in [0.25, 0.3) is 22.3 Å². The van der Waals surface area contributed by atoms with E-state index in [1.54, 1.807) is 18.2 Å². The molecule has 0 aliphatic heterocycles. The lowest BCUT2D eigenvalue weighted by atomic mass is 9.98. The van der Waals surface area contributed by atoms with Gasteiger partial charge in [-0.3, -0.25) is 9.59 Å². The number of amides is 1. The van der Waals surface area contributed by atoms with Gasteiger partial charge in [-0.2, -0.15) is 13.2 Å². The molecule has 1 atom stereocenters. The van der Waals surface area contributed by atoms with E-state index >= 15 is 0 Å². The van der Waals surface area contributed by atoms with Gasteiger partial charge >= 0.3 is 12.1 Å². The number of carbonyl (C=O) groups excluding carboxylic acids is 1. The predicted octanol–water partition coefficient (Wildman–Crippen LogP) is 7.64. The summed E-state index contributed by atoms with van der Waals surface area (Å²) >= 11 is 6.34. The van der Waals surface area contributed by atoms with Crippen LogP contribution in [0.4, 0.5) is 13.2 Å². The van der Waals surface area contributed by atoms with E-state index in [0.717, 1.165) is 23.3 Å². The van der Waals surface area contributed by atoms with Crippen molar-refractivity contribution in [2.75, 3.05) is 0 Å². The first-order chi connectivity index (χ1) is 17.6. The molecule has 0 saturated carbocycles. The number of carbonyl (C=O) groups is 2. The maximum absolute atomic E-state index is 13.0. The molecule has 4 aromatic carbocycles. The molecule has 4 nitrogen and oxygen atoms in total. The highest BCUT2D eigenvalue weighted by Gasteiger charge is 2.30. The molecule has 4 aromatic rings. The zero-order valence-corrected chi connectivity index (χ0v) is 20.1. The van der Waals surface area contributed by atoms with Gasteiger partial charge < -0.3 is 10.4 Å². The Hall–Kier alpha value is -4.10. The Balaban J connectivity index is 1.53. The van der Waals surface area contributed by atoms with Crippen LogP contribution in [0.15, 0.2) is 97.1 Å². The first-order valence-corrected chi connectivity index (χ1v) is 11.6. The number of hydrogen-bond acceptors (Lipinski definition) is 2. The summed E-state index contributed by atoms with van der Waals surface area (Å²) in [5, 5.41) is 12.2. The second-order valence-electron chi connectivity index (χ2n) is 8.38. The van der Waals surface area contributed by atoms with E-state index in [1.807, 2.05) is 42.5 Å². The highest BCUT2D eigenvalue weighted by Crippen LogP contribution is 2.32. The van der Waals surface area contributed by atoms with Crippen LogP contribution in [0, 0.1) is 0 Å². The van der Waals surface area contributed by atoms with Crippen LogP contribution in [-0.2, 0) is 11.0 Å². The van der Waals surface area contributed by atoms with Crippen molar-refractivity contribution in [3.05, 3.63) is 119 Å². The van der Waals surface area contributed by atoms with Gasteiger partial charge in [0.1, 0.15) is 0 Å². The Labute approximate surface area is 216 Å². The number of carboxylic acids is 1. The Bertz CT molecular complexity index is 1400. The largest absolute Gasteiger partial charge is 0.481 e. The fourth-order valence-electron chi connectivity index (χ4n) is 3.93. The maximum Gasteiger partial charge on any atom is 0.416 e. The summed E-state index contributed by atoms with van der Waals surface area (Å²) in [5.74, 6) is -1.65. The van der Waals surface area contributed by atoms with Crippen LogP contribution in [0.5, 0.6) is 0 Å². The minimum atomic E-state index is -4.44. The molecule has 37 heavy (non-hydrogen) atoms. The molecular formula is C29H21ClF3NO3. The Morgan fingerprint density at radius 3 is 1.89 bits per heavy atom. The summed E-state index contributed by atoms with van der Waals surface area (Å²) in [6.07, 6.45) is -4.77. The van der Waals surface area contributed by atoms with E-state index in [4.69, 9.17) is 11.6 Å². The van der Waals surface area contributed by atoms with Gasteiger partial charge in [-0.15, -0.1) is 0 Å². The Morgan fingerprint density at radius 2 is 1.32 bits per heavy atom. The predicted molar refractivity (Wildman–Crippen MR) is 136 cm³/mol. The number of rotatable bonds is 7. The van der Waals surface area contributed by atoms with Gasteiger partial charge in [0.2, 0.25) is 0 Å². The summed E-state index contributed by atoms with van der Waals surface area (Å²) in [6.45, 7) is 0. The molecule has 0 radical (unpaired) electrons. The number of benzene rings is 4. The lowest BCUT2D eigenvalue weighted by Crippen LogP contribution is -2.30. The van der Waals surface area contributed by atoms with Crippen LogP contribution >= 0.6 is 11.6 Å². The van der Waals surface area contributed by atoms with Crippen molar-refractivity contribution in [2.24, 2.45) is 0 Å². The molecule has 4 rings (SSSR count). The SMILES string of the molecule is O=C(O)CC(NC(=O)c1ccc(-c2ccc(C(F)(F)F)cc2)cc1Cl)c1ccc(-c2ccccc2)cc1. The van der Waals surface area contributed by atoms with Crippen molar-refractivity contribution in [1.29, 1.82) is 0 Å².